The summed E-state index contributed by atoms with van der Waals surface area (Å²) >= 11 is 5.58. The SMILES string of the molecule is CC(C)CN(CC(F)(F)F)S(=O)(=O)c1ccnc(Cl)c1. The van der Waals surface area contributed by atoms with Crippen LogP contribution >= 0.6 is 11.6 Å². The summed E-state index contributed by atoms with van der Waals surface area (Å²) < 4.78 is 62.5. The predicted molar refractivity (Wildman–Crippen MR) is 68.9 cm³/mol. The summed E-state index contributed by atoms with van der Waals surface area (Å²) in [6, 6.07) is 2.14. The molecule has 0 bridgehead atoms. The minimum atomic E-state index is -4.61. The average Bonchev–Trinajstić information content (AvgIpc) is 2.25. The van der Waals surface area contributed by atoms with Crippen molar-refractivity contribution in [3.05, 3.63) is 23.5 Å². The number of aromatic nitrogens is 1. The summed E-state index contributed by atoms with van der Waals surface area (Å²) in [7, 11) is -4.26. The van der Waals surface area contributed by atoms with Crippen LogP contribution in [0.3, 0.4) is 0 Å². The number of pyridine rings is 1. The first-order valence-electron chi connectivity index (χ1n) is 5.71. The highest BCUT2D eigenvalue weighted by atomic mass is 35.5. The molecule has 0 aromatic carbocycles. The van der Waals surface area contributed by atoms with Crippen molar-refractivity contribution in [2.45, 2.75) is 24.9 Å². The van der Waals surface area contributed by atoms with E-state index in [1.807, 2.05) is 0 Å². The lowest BCUT2D eigenvalue weighted by Crippen LogP contribution is -2.41. The van der Waals surface area contributed by atoms with E-state index in [4.69, 9.17) is 11.6 Å². The highest BCUT2D eigenvalue weighted by Crippen LogP contribution is 2.24. The van der Waals surface area contributed by atoms with Crippen molar-refractivity contribution in [1.82, 2.24) is 9.29 Å². The van der Waals surface area contributed by atoms with Crippen LogP contribution in [0.1, 0.15) is 13.8 Å². The summed E-state index contributed by atoms with van der Waals surface area (Å²) in [5.74, 6) is -0.246. The molecule has 0 N–H and O–H groups in total. The van der Waals surface area contributed by atoms with Crippen LogP contribution in [0.2, 0.25) is 5.15 Å². The van der Waals surface area contributed by atoms with Gasteiger partial charge in [-0.3, -0.25) is 0 Å². The molecule has 0 radical (unpaired) electrons. The molecular weight excluding hydrogens is 317 g/mol. The third-order valence-corrected chi connectivity index (χ3v) is 4.27. The zero-order valence-corrected chi connectivity index (χ0v) is 12.4. The van der Waals surface area contributed by atoms with Crippen molar-refractivity contribution in [2.75, 3.05) is 13.1 Å². The molecule has 0 spiro atoms. The maximum absolute atomic E-state index is 12.5. The second-order valence-electron chi connectivity index (χ2n) is 4.62. The Morgan fingerprint density at radius 1 is 1.40 bits per heavy atom. The van der Waals surface area contributed by atoms with Gasteiger partial charge in [0.05, 0.1) is 4.90 Å². The first kappa shape index (κ1) is 17.2. The number of hydrogen-bond donors (Lipinski definition) is 0. The third kappa shape index (κ3) is 4.92. The molecule has 114 valence electrons. The van der Waals surface area contributed by atoms with Crippen molar-refractivity contribution >= 4 is 21.6 Å². The second kappa shape index (κ2) is 6.28. The molecule has 1 aromatic heterocycles. The average molecular weight is 331 g/mol. The molecular formula is C11H14ClF3N2O2S. The Morgan fingerprint density at radius 3 is 2.45 bits per heavy atom. The highest BCUT2D eigenvalue weighted by Gasteiger charge is 2.37. The van der Waals surface area contributed by atoms with Gasteiger partial charge in [-0.05, 0) is 18.1 Å². The largest absolute Gasteiger partial charge is 0.402 e. The summed E-state index contributed by atoms with van der Waals surface area (Å²) in [5, 5.41) is -0.0948. The number of nitrogens with zero attached hydrogens (tertiary/aromatic N) is 2. The lowest BCUT2D eigenvalue weighted by molar-refractivity contribution is -0.136. The molecule has 0 aliphatic rings. The number of sulfonamides is 1. The van der Waals surface area contributed by atoms with Crippen LogP contribution in [-0.2, 0) is 10.0 Å². The first-order valence-corrected chi connectivity index (χ1v) is 7.52. The quantitative estimate of drug-likeness (QED) is 0.780. The third-order valence-electron chi connectivity index (χ3n) is 2.26. The summed E-state index contributed by atoms with van der Waals surface area (Å²) in [6.07, 6.45) is -3.48. The van der Waals surface area contributed by atoms with Crippen molar-refractivity contribution in [1.29, 1.82) is 0 Å². The summed E-state index contributed by atoms with van der Waals surface area (Å²) in [5.41, 5.74) is 0. The van der Waals surface area contributed by atoms with E-state index in [1.54, 1.807) is 13.8 Å². The van der Waals surface area contributed by atoms with Crippen LogP contribution in [-0.4, -0.2) is 37.0 Å². The Balaban J connectivity index is 3.17. The van der Waals surface area contributed by atoms with E-state index in [-0.39, 0.29) is 22.5 Å². The zero-order chi connectivity index (χ0) is 15.6. The van der Waals surface area contributed by atoms with Gasteiger partial charge in [0.1, 0.15) is 11.7 Å². The van der Waals surface area contributed by atoms with Crippen LogP contribution in [0, 0.1) is 5.92 Å². The van der Waals surface area contributed by atoms with E-state index >= 15 is 0 Å². The molecule has 0 aliphatic carbocycles. The first-order chi connectivity index (χ1) is 9.02. The molecule has 9 heteroatoms. The van der Waals surface area contributed by atoms with Crippen molar-refractivity contribution in [3.8, 4) is 0 Å². The normalized spacial score (nSPS) is 13.2. The zero-order valence-electron chi connectivity index (χ0n) is 10.9. The van der Waals surface area contributed by atoms with Gasteiger partial charge in [-0.25, -0.2) is 13.4 Å². The minimum absolute atomic E-state index is 0.0948. The molecule has 0 amide bonds. The van der Waals surface area contributed by atoms with E-state index in [9.17, 15) is 21.6 Å². The van der Waals surface area contributed by atoms with Gasteiger partial charge in [0.25, 0.3) is 0 Å². The molecule has 0 saturated heterocycles. The lowest BCUT2D eigenvalue weighted by Gasteiger charge is -2.25. The minimum Gasteiger partial charge on any atom is -0.244 e. The molecule has 1 aromatic rings. The Bertz CT molecular complexity index is 561. The van der Waals surface area contributed by atoms with Crippen molar-refractivity contribution < 1.29 is 21.6 Å². The highest BCUT2D eigenvalue weighted by molar-refractivity contribution is 7.89. The van der Waals surface area contributed by atoms with Gasteiger partial charge in [-0.1, -0.05) is 25.4 Å². The molecule has 1 rings (SSSR count). The standard InChI is InChI=1S/C11H14ClF3N2O2S/c1-8(2)6-17(7-11(13,14)15)20(18,19)9-3-4-16-10(12)5-9/h3-5,8H,6-7H2,1-2H3. The van der Waals surface area contributed by atoms with E-state index in [2.05, 4.69) is 4.98 Å². The Hall–Kier alpha value is -0.860. The molecule has 4 nitrogen and oxygen atoms in total. The Labute approximate surface area is 120 Å². The lowest BCUT2D eigenvalue weighted by atomic mass is 10.2. The van der Waals surface area contributed by atoms with Crippen LogP contribution in [0.25, 0.3) is 0 Å². The van der Waals surface area contributed by atoms with Crippen LogP contribution < -0.4 is 0 Å². The van der Waals surface area contributed by atoms with Gasteiger partial charge in [0, 0.05) is 12.7 Å². The smallest absolute Gasteiger partial charge is 0.244 e. The number of rotatable bonds is 5. The summed E-state index contributed by atoms with van der Waals surface area (Å²) in [6.45, 7) is 1.51. The predicted octanol–water partition coefficient (Wildman–Crippen LogP) is 2.94. The fraction of sp³-hybridized carbons (Fsp3) is 0.545. The molecule has 0 aliphatic heterocycles. The van der Waals surface area contributed by atoms with Gasteiger partial charge < -0.3 is 0 Å². The molecule has 0 atom stereocenters. The molecule has 0 unspecified atom stereocenters. The fourth-order valence-corrected chi connectivity index (χ4v) is 3.39. The molecule has 0 fully saturated rings. The van der Waals surface area contributed by atoms with Gasteiger partial charge in [-0.2, -0.15) is 17.5 Å². The Morgan fingerprint density at radius 2 is 2.00 bits per heavy atom. The second-order valence-corrected chi connectivity index (χ2v) is 6.95. The molecule has 1 heterocycles. The number of halogens is 4. The van der Waals surface area contributed by atoms with E-state index in [1.165, 1.54) is 0 Å². The monoisotopic (exact) mass is 330 g/mol. The number of alkyl halides is 3. The van der Waals surface area contributed by atoms with Crippen LogP contribution in [0.4, 0.5) is 13.2 Å². The van der Waals surface area contributed by atoms with Crippen LogP contribution in [0.15, 0.2) is 23.2 Å². The Kier molecular flexibility index (Phi) is 5.39. The molecule has 0 saturated carbocycles. The molecule has 20 heavy (non-hydrogen) atoms. The van der Waals surface area contributed by atoms with Crippen molar-refractivity contribution in [3.63, 3.8) is 0 Å². The van der Waals surface area contributed by atoms with Crippen LogP contribution in [0.5, 0.6) is 0 Å². The number of hydrogen-bond acceptors (Lipinski definition) is 3. The topological polar surface area (TPSA) is 50.3 Å². The fourth-order valence-electron chi connectivity index (χ4n) is 1.55. The van der Waals surface area contributed by atoms with Gasteiger partial charge >= 0.3 is 6.18 Å². The van der Waals surface area contributed by atoms with E-state index < -0.39 is 22.7 Å². The van der Waals surface area contributed by atoms with Gasteiger partial charge in [0.2, 0.25) is 10.0 Å². The van der Waals surface area contributed by atoms with Gasteiger partial charge in [0.15, 0.2) is 0 Å². The maximum Gasteiger partial charge on any atom is 0.402 e. The van der Waals surface area contributed by atoms with Gasteiger partial charge in [-0.15, -0.1) is 0 Å². The maximum atomic E-state index is 12.5. The summed E-state index contributed by atoms with van der Waals surface area (Å²) in [4.78, 5) is 3.31. The van der Waals surface area contributed by atoms with Crippen molar-refractivity contribution in [2.24, 2.45) is 5.92 Å². The van der Waals surface area contributed by atoms with E-state index in [0.717, 1.165) is 18.3 Å². The van der Waals surface area contributed by atoms with E-state index in [0.29, 0.717) is 4.31 Å².